The zero-order valence-corrected chi connectivity index (χ0v) is 14.5. The number of thiazole rings is 1. The van der Waals surface area contributed by atoms with Gasteiger partial charge < -0.3 is 4.90 Å². The lowest BCUT2D eigenvalue weighted by Crippen LogP contribution is -2.37. The van der Waals surface area contributed by atoms with Gasteiger partial charge in [-0.15, -0.1) is 11.3 Å². The summed E-state index contributed by atoms with van der Waals surface area (Å²) in [6, 6.07) is 0. The van der Waals surface area contributed by atoms with E-state index in [1.165, 1.54) is 20.5 Å². The van der Waals surface area contributed by atoms with Crippen LogP contribution in [0.4, 0.5) is 0 Å². The van der Waals surface area contributed by atoms with Gasteiger partial charge >= 0.3 is 5.69 Å². The van der Waals surface area contributed by atoms with E-state index in [1.807, 2.05) is 6.92 Å². The van der Waals surface area contributed by atoms with Crippen molar-refractivity contribution in [3.8, 4) is 0 Å². The van der Waals surface area contributed by atoms with Crippen LogP contribution in [0.1, 0.15) is 34.3 Å². The summed E-state index contributed by atoms with van der Waals surface area (Å²) in [7, 11) is 3.40. The van der Waals surface area contributed by atoms with Crippen molar-refractivity contribution in [1.29, 1.82) is 0 Å². The van der Waals surface area contributed by atoms with Crippen molar-refractivity contribution in [3.63, 3.8) is 0 Å². The SMILES string of the molecule is Cc1nc2c(s1)CCCC2CN(C)C(=O)Cn1ncn(C)c1=O. The van der Waals surface area contributed by atoms with Crippen LogP contribution in [0.2, 0.25) is 0 Å². The first-order chi connectivity index (χ1) is 11.0. The van der Waals surface area contributed by atoms with Crippen LogP contribution in [0.25, 0.3) is 0 Å². The summed E-state index contributed by atoms with van der Waals surface area (Å²) in [6.45, 7) is 2.64. The standard InChI is InChI=1S/C15H21N5O2S/c1-10-17-14-11(5-4-6-12(14)23-10)7-18(2)13(21)8-20-15(22)19(3)9-16-20/h9,11H,4-8H2,1-3H3. The number of carbonyl (C=O) groups is 1. The molecule has 0 N–H and O–H groups in total. The first kappa shape index (κ1) is 15.9. The second kappa shape index (κ2) is 6.27. The molecule has 0 aromatic carbocycles. The third kappa shape index (κ3) is 3.21. The summed E-state index contributed by atoms with van der Waals surface area (Å²) in [6.07, 6.45) is 4.71. The third-order valence-electron chi connectivity index (χ3n) is 4.27. The first-order valence-electron chi connectivity index (χ1n) is 7.74. The molecule has 23 heavy (non-hydrogen) atoms. The highest BCUT2D eigenvalue weighted by molar-refractivity contribution is 7.11. The van der Waals surface area contributed by atoms with Crippen LogP contribution >= 0.6 is 11.3 Å². The third-order valence-corrected chi connectivity index (χ3v) is 5.32. The van der Waals surface area contributed by atoms with Gasteiger partial charge in [-0.3, -0.25) is 9.36 Å². The molecule has 124 valence electrons. The Bertz CT molecular complexity index is 775. The Morgan fingerprint density at radius 3 is 3.00 bits per heavy atom. The minimum atomic E-state index is -0.276. The fraction of sp³-hybridized carbons (Fsp3) is 0.600. The number of aromatic nitrogens is 4. The van der Waals surface area contributed by atoms with Crippen LogP contribution in [0.3, 0.4) is 0 Å². The number of likely N-dealkylation sites (N-methyl/N-ethyl adjacent to an activating group) is 1. The van der Waals surface area contributed by atoms with Gasteiger partial charge in [0.1, 0.15) is 12.9 Å². The lowest BCUT2D eigenvalue weighted by Gasteiger charge is -2.26. The van der Waals surface area contributed by atoms with Gasteiger partial charge in [0.2, 0.25) is 5.91 Å². The first-order valence-corrected chi connectivity index (χ1v) is 8.56. The molecule has 2 heterocycles. The van der Waals surface area contributed by atoms with Gasteiger partial charge in [0.25, 0.3) is 0 Å². The molecule has 1 atom stereocenters. The Labute approximate surface area is 138 Å². The summed E-state index contributed by atoms with van der Waals surface area (Å²) in [4.78, 5) is 31.8. The number of amides is 1. The molecule has 3 rings (SSSR count). The van der Waals surface area contributed by atoms with Crippen LogP contribution in [0.15, 0.2) is 11.1 Å². The van der Waals surface area contributed by atoms with Gasteiger partial charge in [-0.25, -0.2) is 14.5 Å². The molecular formula is C15H21N5O2S. The minimum Gasteiger partial charge on any atom is -0.343 e. The van der Waals surface area contributed by atoms with Gasteiger partial charge in [-0.2, -0.15) is 5.10 Å². The Kier molecular flexibility index (Phi) is 4.34. The van der Waals surface area contributed by atoms with Gasteiger partial charge in [-0.05, 0) is 26.2 Å². The van der Waals surface area contributed by atoms with E-state index in [2.05, 4.69) is 10.1 Å². The number of nitrogens with zero attached hydrogens (tertiary/aromatic N) is 5. The summed E-state index contributed by atoms with van der Waals surface area (Å²) in [5.74, 6) is 0.183. The molecule has 0 aliphatic heterocycles. The quantitative estimate of drug-likeness (QED) is 0.833. The van der Waals surface area contributed by atoms with Crippen LogP contribution in [0, 0.1) is 6.92 Å². The van der Waals surface area contributed by atoms with Gasteiger partial charge in [-0.1, -0.05) is 0 Å². The minimum absolute atomic E-state index is 0.0220. The summed E-state index contributed by atoms with van der Waals surface area (Å²) in [5.41, 5.74) is 0.884. The monoisotopic (exact) mass is 335 g/mol. The Morgan fingerprint density at radius 1 is 1.52 bits per heavy atom. The van der Waals surface area contributed by atoms with Crippen molar-refractivity contribution in [1.82, 2.24) is 24.2 Å². The Balaban J connectivity index is 1.67. The lowest BCUT2D eigenvalue weighted by molar-refractivity contribution is -0.131. The molecule has 0 fully saturated rings. The van der Waals surface area contributed by atoms with E-state index in [1.54, 1.807) is 30.3 Å². The smallest absolute Gasteiger partial charge is 0.343 e. The van der Waals surface area contributed by atoms with Crippen molar-refractivity contribution in [2.45, 2.75) is 38.6 Å². The fourth-order valence-electron chi connectivity index (χ4n) is 3.02. The highest BCUT2D eigenvalue weighted by atomic mass is 32.1. The molecule has 0 spiro atoms. The van der Waals surface area contributed by atoms with Crippen molar-refractivity contribution >= 4 is 17.2 Å². The average molecular weight is 335 g/mol. The highest BCUT2D eigenvalue weighted by Gasteiger charge is 2.26. The van der Waals surface area contributed by atoms with Crippen LogP contribution in [0.5, 0.6) is 0 Å². The van der Waals surface area contributed by atoms with Gasteiger partial charge in [0.05, 0.1) is 10.7 Å². The highest BCUT2D eigenvalue weighted by Crippen LogP contribution is 2.34. The van der Waals surface area contributed by atoms with E-state index in [-0.39, 0.29) is 24.1 Å². The zero-order chi connectivity index (χ0) is 16.6. The number of aryl methyl sites for hydroxylation is 3. The molecule has 1 amide bonds. The fourth-order valence-corrected chi connectivity index (χ4v) is 4.08. The van der Waals surface area contributed by atoms with Crippen LogP contribution in [-0.4, -0.2) is 43.7 Å². The maximum atomic E-state index is 12.4. The number of hydrogen-bond acceptors (Lipinski definition) is 5. The van der Waals surface area contributed by atoms with Gasteiger partial charge in [0, 0.05) is 31.4 Å². The predicted molar refractivity (Wildman–Crippen MR) is 87.6 cm³/mol. The zero-order valence-electron chi connectivity index (χ0n) is 13.7. The van der Waals surface area contributed by atoms with Crippen molar-refractivity contribution in [2.75, 3.05) is 13.6 Å². The largest absolute Gasteiger partial charge is 0.345 e. The maximum absolute atomic E-state index is 12.4. The lowest BCUT2D eigenvalue weighted by atomic mass is 9.90. The second-order valence-corrected chi connectivity index (χ2v) is 7.37. The van der Waals surface area contributed by atoms with Crippen LogP contribution < -0.4 is 5.69 Å². The number of rotatable bonds is 4. The summed E-state index contributed by atoms with van der Waals surface area (Å²) >= 11 is 1.76. The molecule has 0 bridgehead atoms. The molecule has 0 radical (unpaired) electrons. The topological polar surface area (TPSA) is 73.0 Å². The van der Waals surface area contributed by atoms with E-state index in [0.29, 0.717) is 6.54 Å². The predicted octanol–water partition coefficient (Wildman–Crippen LogP) is 0.925. The van der Waals surface area contributed by atoms with Gasteiger partial charge in [0.15, 0.2) is 0 Å². The normalized spacial score (nSPS) is 17.1. The van der Waals surface area contributed by atoms with E-state index in [9.17, 15) is 9.59 Å². The molecule has 2 aromatic heterocycles. The molecular weight excluding hydrogens is 314 g/mol. The van der Waals surface area contributed by atoms with Crippen molar-refractivity contribution in [2.24, 2.45) is 7.05 Å². The summed E-state index contributed by atoms with van der Waals surface area (Å²) < 4.78 is 2.55. The molecule has 0 saturated heterocycles. The number of fused-ring (bicyclic) bond motifs is 1. The second-order valence-electron chi connectivity index (χ2n) is 6.09. The average Bonchev–Trinajstić information content (AvgIpc) is 3.04. The number of carbonyl (C=O) groups excluding carboxylic acids is 1. The molecule has 7 nitrogen and oxygen atoms in total. The summed E-state index contributed by atoms with van der Waals surface area (Å²) in [5, 5.41) is 5.03. The van der Waals surface area contributed by atoms with Crippen LogP contribution in [-0.2, 0) is 24.8 Å². The van der Waals surface area contributed by atoms with E-state index in [4.69, 9.17) is 0 Å². The Hall–Kier alpha value is -1.96. The van der Waals surface area contributed by atoms with Crippen molar-refractivity contribution < 1.29 is 4.79 Å². The van der Waals surface area contributed by atoms with Crippen molar-refractivity contribution in [3.05, 3.63) is 32.4 Å². The molecule has 1 unspecified atom stereocenters. The van der Waals surface area contributed by atoms with E-state index >= 15 is 0 Å². The molecule has 0 saturated carbocycles. The molecule has 1 aliphatic carbocycles. The molecule has 1 aliphatic rings. The molecule has 2 aromatic rings. The van der Waals surface area contributed by atoms with E-state index in [0.717, 1.165) is 30.0 Å². The number of hydrogen-bond donors (Lipinski definition) is 0. The maximum Gasteiger partial charge on any atom is 0.345 e. The van der Waals surface area contributed by atoms with E-state index < -0.39 is 0 Å². The Morgan fingerprint density at radius 2 is 2.30 bits per heavy atom. The molecule has 8 heteroatoms.